The van der Waals surface area contributed by atoms with E-state index in [-0.39, 0.29) is 5.91 Å². The molecule has 1 aromatic heterocycles. The lowest BCUT2D eigenvalue weighted by molar-refractivity contribution is -0.117. The molecule has 1 amide bonds. The summed E-state index contributed by atoms with van der Waals surface area (Å²) < 4.78 is 1.99. The average molecular weight is 347 g/mol. The number of nitrogens with zero attached hydrogens (tertiary/aromatic N) is 3. The van der Waals surface area contributed by atoms with Crippen molar-refractivity contribution in [2.24, 2.45) is 5.92 Å². The zero-order valence-corrected chi connectivity index (χ0v) is 14.7. The molecule has 3 rings (SSSR count). The average Bonchev–Trinajstić information content (AvgIpc) is 3.06. The predicted molar refractivity (Wildman–Crippen MR) is 96.2 cm³/mol. The molecule has 2 heterocycles. The lowest BCUT2D eigenvalue weighted by Gasteiger charge is -2.31. The number of likely N-dealkylation sites (tertiary alicyclic amines) is 1. The molecule has 24 heavy (non-hydrogen) atoms. The second-order valence-corrected chi connectivity index (χ2v) is 6.87. The molecule has 0 saturated carbocycles. The van der Waals surface area contributed by atoms with E-state index in [1.54, 1.807) is 6.07 Å². The lowest BCUT2D eigenvalue weighted by Crippen LogP contribution is -2.40. The van der Waals surface area contributed by atoms with Gasteiger partial charge in [-0.2, -0.15) is 5.10 Å². The monoisotopic (exact) mass is 346 g/mol. The van der Waals surface area contributed by atoms with E-state index in [1.165, 1.54) is 0 Å². The van der Waals surface area contributed by atoms with Crippen molar-refractivity contribution in [3.63, 3.8) is 0 Å². The van der Waals surface area contributed by atoms with Gasteiger partial charge in [0.15, 0.2) is 0 Å². The highest BCUT2D eigenvalue weighted by atomic mass is 35.5. The number of nitrogens with one attached hydrogen (secondary N) is 1. The minimum absolute atomic E-state index is 0.0143. The van der Waals surface area contributed by atoms with Gasteiger partial charge in [-0.05, 0) is 62.5 Å². The molecule has 0 radical (unpaired) electrons. The maximum absolute atomic E-state index is 12.2. The van der Waals surface area contributed by atoms with Gasteiger partial charge in [0.2, 0.25) is 5.91 Å². The number of piperidine rings is 1. The van der Waals surface area contributed by atoms with E-state index in [4.69, 9.17) is 11.6 Å². The minimum atomic E-state index is 0.0143. The van der Waals surface area contributed by atoms with Crippen molar-refractivity contribution >= 4 is 23.2 Å². The molecule has 6 heteroatoms. The largest absolute Gasteiger partial charge is 0.325 e. The van der Waals surface area contributed by atoms with E-state index < -0.39 is 0 Å². The molecule has 1 aliphatic rings. The number of hydrogen-bond donors (Lipinski definition) is 1. The van der Waals surface area contributed by atoms with Crippen molar-refractivity contribution in [3.05, 3.63) is 47.2 Å². The van der Waals surface area contributed by atoms with Crippen LogP contribution in [0.25, 0.3) is 0 Å². The van der Waals surface area contributed by atoms with E-state index in [2.05, 4.69) is 15.3 Å². The fraction of sp³-hybridized carbons (Fsp3) is 0.444. The van der Waals surface area contributed by atoms with Gasteiger partial charge in [0.1, 0.15) is 0 Å². The van der Waals surface area contributed by atoms with Crippen molar-refractivity contribution in [1.82, 2.24) is 14.7 Å². The molecule has 1 fully saturated rings. The molecule has 1 aromatic carbocycles. The van der Waals surface area contributed by atoms with Crippen LogP contribution in [-0.4, -0.2) is 40.2 Å². The number of aryl methyl sites for hydroxylation is 1. The standard InChI is InChI=1S/C18H23ClN4O/c1-14-3-4-16(11-17(14)19)21-18(24)13-22-9-5-15(6-10-22)12-23-8-2-7-20-23/h2-4,7-8,11,15H,5-6,9-10,12-13H2,1H3,(H,21,24). The van der Waals surface area contributed by atoms with Crippen molar-refractivity contribution in [2.45, 2.75) is 26.3 Å². The Balaban J connectivity index is 1.43. The van der Waals surface area contributed by atoms with Crippen molar-refractivity contribution in [2.75, 3.05) is 25.0 Å². The van der Waals surface area contributed by atoms with Gasteiger partial charge < -0.3 is 5.32 Å². The van der Waals surface area contributed by atoms with E-state index >= 15 is 0 Å². The second kappa shape index (κ2) is 7.81. The van der Waals surface area contributed by atoms with Gasteiger partial charge in [-0.25, -0.2) is 0 Å². The Morgan fingerprint density at radius 2 is 2.17 bits per heavy atom. The Kier molecular flexibility index (Phi) is 5.53. The van der Waals surface area contributed by atoms with Crippen LogP contribution in [-0.2, 0) is 11.3 Å². The number of rotatable bonds is 5. The summed E-state index contributed by atoms with van der Waals surface area (Å²) >= 11 is 6.09. The van der Waals surface area contributed by atoms with Crippen LogP contribution in [0.5, 0.6) is 0 Å². The number of aromatic nitrogens is 2. The summed E-state index contributed by atoms with van der Waals surface area (Å²) in [4.78, 5) is 14.4. The molecule has 1 aliphatic heterocycles. The zero-order chi connectivity index (χ0) is 16.9. The normalized spacial score (nSPS) is 16.2. The molecule has 0 atom stereocenters. The molecule has 0 unspecified atom stereocenters. The summed E-state index contributed by atoms with van der Waals surface area (Å²) in [5.41, 5.74) is 1.76. The molecule has 2 aromatic rings. The van der Waals surface area contributed by atoms with Crippen LogP contribution in [0, 0.1) is 12.8 Å². The van der Waals surface area contributed by atoms with Gasteiger partial charge in [0, 0.05) is 29.6 Å². The summed E-state index contributed by atoms with van der Waals surface area (Å²) in [6, 6.07) is 7.55. The summed E-state index contributed by atoms with van der Waals surface area (Å²) in [6.45, 7) is 5.25. The Hall–Kier alpha value is -1.85. The van der Waals surface area contributed by atoms with Crippen molar-refractivity contribution < 1.29 is 4.79 Å². The maximum Gasteiger partial charge on any atom is 0.238 e. The Bertz CT molecular complexity index is 678. The fourth-order valence-corrected chi connectivity index (χ4v) is 3.25. The van der Waals surface area contributed by atoms with Gasteiger partial charge in [-0.3, -0.25) is 14.4 Å². The topological polar surface area (TPSA) is 50.2 Å². The third kappa shape index (κ3) is 4.58. The van der Waals surface area contributed by atoms with Gasteiger partial charge >= 0.3 is 0 Å². The first-order chi connectivity index (χ1) is 11.6. The van der Waals surface area contributed by atoms with Gasteiger partial charge in [0.05, 0.1) is 6.54 Å². The molecule has 0 aliphatic carbocycles. The number of carbonyl (C=O) groups excluding carboxylic acids is 1. The number of hydrogen-bond acceptors (Lipinski definition) is 3. The molecule has 5 nitrogen and oxygen atoms in total. The van der Waals surface area contributed by atoms with Crippen molar-refractivity contribution in [3.8, 4) is 0 Å². The number of anilines is 1. The van der Waals surface area contributed by atoms with Crippen LogP contribution in [0.3, 0.4) is 0 Å². The number of carbonyl (C=O) groups is 1. The highest BCUT2D eigenvalue weighted by Gasteiger charge is 2.21. The number of amides is 1. The minimum Gasteiger partial charge on any atom is -0.325 e. The van der Waals surface area contributed by atoms with E-state index in [9.17, 15) is 4.79 Å². The quantitative estimate of drug-likeness (QED) is 0.904. The molecular formula is C18H23ClN4O. The SMILES string of the molecule is Cc1ccc(NC(=O)CN2CCC(Cn3cccn3)CC2)cc1Cl. The van der Waals surface area contributed by atoms with Crippen LogP contribution in [0.2, 0.25) is 5.02 Å². The van der Waals surface area contributed by atoms with Crippen LogP contribution in [0.15, 0.2) is 36.7 Å². The fourth-order valence-electron chi connectivity index (χ4n) is 3.07. The van der Waals surface area contributed by atoms with Crippen LogP contribution < -0.4 is 5.32 Å². The molecular weight excluding hydrogens is 324 g/mol. The molecule has 128 valence electrons. The summed E-state index contributed by atoms with van der Waals surface area (Å²) in [5.74, 6) is 0.653. The van der Waals surface area contributed by atoms with Gasteiger partial charge in [0.25, 0.3) is 0 Å². The highest BCUT2D eigenvalue weighted by molar-refractivity contribution is 6.31. The lowest BCUT2D eigenvalue weighted by atomic mass is 9.97. The van der Waals surface area contributed by atoms with Gasteiger partial charge in [-0.15, -0.1) is 0 Å². The zero-order valence-electron chi connectivity index (χ0n) is 13.9. The third-order valence-electron chi connectivity index (χ3n) is 4.53. The molecule has 0 spiro atoms. The highest BCUT2D eigenvalue weighted by Crippen LogP contribution is 2.21. The summed E-state index contributed by atoms with van der Waals surface area (Å²) in [7, 11) is 0. The molecule has 1 N–H and O–H groups in total. The maximum atomic E-state index is 12.2. The van der Waals surface area contributed by atoms with E-state index in [0.29, 0.717) is 17.5 Å². The Labute approximate surface area is 147 Å². The molecule has 0 bridgehead atoms. The predicted octanol–water partition coefficient (Wildman–Crippen LogP) is 3.20. The molecule has 1 saturated heterocycles. The smallest absolute Gasteiger partial charge is 0.238 e. The summed E-state index contributed by atoms with van der Waals surface area (Å²) in [6.07, 6.45) is 6.02. The van der Waals surface area contributed by atoms with Crippen LogP contribution in [0.1, 0.15) is 18.4 Å². The van der Waals surface area contributed by atoms with E-state index in [0.717, 1.165) is 43.7 Å². The van der Waals surface area contributed by atoms with Crippen LogP contribution >= 0.6 is 11.6 Å². The van der Waals surface area contributed by atoms with Crippen LogP contribution in [0.4, 0.5) is 5.69 Å². The first-order valence-corrected chi connectivity index (χ1v) is 8.74. The number of halogens is 1. The van der Waals surface area contributed by atoms with Gasteiger partial charge in [-0.1, -0.05) is 17.7 Å². The Morgan fingerprint density at radius 1 is 1.38 bits per heavy atom. The van der Waals surface area contributed by atoms with Crippen molar-refractivity contribution in [1.29, 1.82) is 0 Å². The first kappa shape index (κ1) is 17.0. The Morgan fingerprint density at radius 3 is 2.83 bits per heavy atom. The second-order valence-electron chi connectivity index (χ2n) is 6.46. The van der Waals surface area contributed by atoms with E-state index in [1.807, 2.05) is 42.2 Å². The number of benzene rings is 1. The third-order valence-corrected chi connectivity index (χ3v) is 4.94. The first-order valence-electron chi connectivity index (χ1n) is 8.36. The summed E-state index contributed by atoms with van der Waals surface area (Å²) in [5, 5.41) is 7.87.